The SMILES string of the molecule is O=C(Nc1cc(Cl)ccn1)c1cc(=O)[nH]c(=O)[nH]1. The molecule has 0 fully saturated rings. The molecule has 2 heterocycles. The van der Waals surface area contributed by atoms with Gasteiger partial charge in [-0.2, -0.15) is 0 Å². The van der Waals surface area contributed by atoms with Crippen LogP contribution in [0.1, 0.15) is 10.5 Å². The van der Waals surface area contributed by atoms with Gasteiger partial charge in [-0.15, -0.1) is 0 Å². The minimum Gasteiger partial charge on any atom is -0.305 e. The number of halogens is 1. The molecule has 0 aliphatic carbocycles. The first-order valence-corrected chi connectivity index (χ1v) is 5.19. The van der Waals surface area contributed by atoms with Crippen molar-refractivity contribution in [2.24, 2.45) is 0 Å². The number of carbonyl (C=O) groups excluding carboxylic acids is 1. The van der Waals surface area contributed by atoms with Crippen molar-refractivity contribution in [2.75, 3.05) is 5.32 Å². The number of nitrogens with zero attached hydrogens (tertiary/aromatic N) is 1. The quantitative estimate of drug-likeness (QED) is 0.729. The molecule has 8 heteroatoms. The molecule has 0 radical (unpaired) electrons. The smallest absolute Gasteiger partial charge is 0.305 e. The van der Waals surface area contributed by atoms with Gasteiger partial charge in [-0.05, 0) is 12.1 Å². The Kier molecular flexibility index (Phi) is 3.24. The normalized spacial score (nSPS) is 10.1. The number of nitrogens with one attached hydrogen (secondary N) is 3. The zero-order valence-electron chi connectivity index (χ0n) is 8.86. The lowest BCUT2D eigenvalue weighted by atomic mass is 10.3. The summed E-state index contributed by atoms with van der Waals surface area (Å²) in [6.07, 6.45) is 1.42. The van der Waals surface area contributed by atoms with Crippen LogP contribution in [0.5, 0.6) is 0 Å². The Hall–Kier alpha value is -2.41. The average molecular weight is 267 g/mol. The van der Waals surface area contributed by atoms with E-state index in [9.17, 15) is 14.4 Å². The number of pyridine rings is 1. The van der Waals surface area contributed by atoms with Gasteiger partial charge < -0.3 is 10.3 Å². The summed E-state index contributed by atoms with van der Waals surface area (Å²) >= 11 is 5.72. The summed E-state index contributed by atoms with van der Waals surface area (Å²) in [5.41, 5.74) is -1.58. The molecule has 18 heavy (non-hydrogen) atoms. The third kappa shape index (κ3) is 2.83. The molecule has 2 rings (SSSR count). The highest BCUT2D eigenvalue weighted by molar-refractivity contribution is 6.30. The molecule has 0 atom stereocenters. The second kappa shape index (κ2) is 4.84. The lowest BCUT2D eigenvalue weighted by Crippen LogP contribution is -2.27. The van der Waals surface area contributed by atoms with Crippen molar-refractivity contribution in [3.05, 3.63) is 56.0 Å². The minimum absolute atomic E-state index is 0.162. The maximum atomic E-state index is 11.7. The van der Waals surface area contributed by atoms with E-state index in [0.29, 0.717) is 5.02 Å². The van der Waals surface area contributed by atoms with E-state index in [4.69, 9.17) is 11.6 Å². The van der Waals surface area contributed by atoms with Crippen molar-refractivity contribution in [2.45, 2.75) is 0 Å². The summed E-state index contributed by atoms with van der Waals surface area (Å²) in [6.45, 7) is 0. The number of anilines is 1. The summed E-state index contributed by atoms with van der Waals surface area (Å²) in [6, 6.07) is 3.96. The average Bonchev–Trinajstić information content (AvgIpc) is 2.27. The lowest BCUT2D eigenvalue weighted by molar-refractivity contribution is 0.102. The molecule has 0 saturated carbocycles. The van der Waals surface area contributed by atoms with E-state index < -0.39 is 17.2 Å². The minimum atomic E-state index is -0.758. The van der Waals surface area contributed by atoms with Crippen LogP contribution in [0, 0.1) is 0 Å². The molecule has 7 nitrogen and oxygen atoms in total. The Morgan fingerprint density at radius 1 is 1.28 bits per heavy atom. The predicted molar refractivity (Wildman–Crippen MR) is 64.9 cm³/mol. The van der Waals surface area contributed by atoms with Gasteiger partial charge in [-0.25, -0.2) is 9.78 Å². The highest BCUT2D eigenvalue weighted by Crippen LogP contribution is 2.11. The van der Waals surface area contributed by atoms with Gasteiger partial charge in [0.1, 0.15) is 11.5 Å². The highest BCUT2D eigenvalue weighted by atomic mass is 35.5. The lowest BCUT2D eigenvalue weighted by Gasteiger charge is -2.03. The second-order valence-electron chi connectivity index (χ2n) is 3.31. The van der Waals surface area contributed by atoms with Crippen LogP contribution in [-0.4, -0.2) is 20.9 Å². The molecule has 2 aromatic heterocycles. The number of H-pyrrole nitrogens is 2. The maximum absolute atomic E-state index is 11.7. The van der Waals surface area contributed by atoms with Gasteiger partial charge >= 0.3 is 5.69 Å². The van der Waals surface area contributed by atoms with Crippen LogP contribution in [0.25, 0.3) is 0 Å². The first-order chi connectivity index (χ1) is 8.54. The molecule has 2 aromatic rings. The zero-order chi connectivity index (χ0) is 13.1. The highest BCUT2D eigenvalue weighted by Gasteiger charge is 2.09. The molecular formula is C10H7ClN4O3. The standard InChI is InChI=1S/C10H7ClN4O3/c11-5-1-2-12-7(3-5)14-9(17)6-4-8(16)15-10(18)13-6/h1-4H,(H,12,14,17)(H2,13,15,16,18). The summed E-state index contributed by atoms with van der Waals surface area (Å²) in [4.78, 5) is 41.7. The first kappa shape index (κ1) is 12.1. The predicted octanol–water partition coefficient (Wildman–Crippen LogP) is 0.364. The van der Waals surface area contributed by atoms with Gasteiger partial charge in [0.2, 0.25) is 0 Å². The van der Waals surface area contributed by atoms with E-state index >= 15 is 0 Å². The molecule has 0 aliphatic rings. The Balaban J connectivity index is 2.27. The molecule has 0 aliphatic heterocycles. The van der Waals surface area contributed by atoms with Crippen molar-refractivity contribution in [3.8, 4) is 0 Å². The van der Waals surface area contributed by atoms with Crippen LogP contribution in [0.3, 0.4) is 0 Å². The zero-order valence-corrected chi connectivity index (χ0v) is 9.62. The van der Waals surface area contributed by atoms with Crippen molar-refractivity contribution >= 4 is 23.3 Å². The molecule has 92 valence electrons. The summed E-state index contributed by atoms with van der Waals surface area (Å²) in [5, 5.41) is 2.80. The van der Waals surface area contributed by atoms with E-state index in [0.717, 1.165) is 6.07 Å². The Labute approximate surface area is 105 Å². The van der Waals surface area contributed by atoms with Crippen molar-refractivity contribution < 1.29 is 4.79 Å². The molecular weight excluding hydrogens is 260 g/mol. The van der Waals surface area contributed by atoms with Crippen LogP contribution in [0.15, 0.2) is 34.0 Å². The number of amides is 1. The molecule has 0 saturated heterocycles. The molecule has 0 unspecified atom stereocenters. The molecule has 0 spiro atoms. The Bertz CT molecular complexity index is 678. The van der Waals surface area contributed by atoms with Crippen LogP contribution in [-0.2, 0) is 0 Å². The van der Waals surface area contributed by atoms with Crippen molar-refractivity contribution in [3.63, 3.8) is 0 Å². The van der Waals surface area contributed by atoms with Gasteiger partial charge in [0, 0.05) is 17.3 Å². The Morgan fingerprint density at radius 3 is 2.72 bits per heavy atom. The fourth-order valence-electron chi connectivity index (χ4n) is 1.25. The monoisotopic (exact) mass is 266 g/mol. The number of aromatic nitrogens is 3. The van der Waals surface area contributed by atoms with Crippen LogP contribution in [0.4, 0.5) is 5.82 Å². The van der Waals surface area contributed by atoms with Gasteiger partial charge in [-0.3, -0.25) is 14.6 Å². The fourth-order valence-corrected chi connectivity index (χ4v) is 1.41. The molecule has 0 bridgehead atoms. The van der Waals surface area contributed by atoms with Crippen LogP contribution < -0.4 is 16.6 Å². The van der Waals surface area contributed by atoms with Gasteiger partial charge in [0.25, 0.3) is 11.5 Å². The number of hydrogen-bond donors (Lipinski definition) is 3. The summed E-state index contributed by atoms with van der Waals surface area (Å²) < 4.78 is 0. The fraction of sp³-hybridized carbons (Fsp3) is 0. The van der Waals surface area contributed by atoms with Gasteiger partial charge in [0.15, 0.2) is 0 Å². The molecule has 0 aromatic carbocycles. The molecule has 3 N–H and O–H groups in total. The van der Waals surface area contributed by atoms with Crippen LogP contribution in [0.2, 0.25) is 5.02 Å². The van der Waals surface area contributed by atoms with Gasteiger partial charge in [0.05, 0.1) is 0 Å². The van der Waals surface area contributed by atoms with E-state index in [1.165, 1.54) is 12.3 Å². The number of hydrogen-bond acceptors (Lipinski definition) is 4. The largest absolute Gasteiger partial charge is 0.326 e. The first-order valence-electron chi connectivity index (χ1n) is 4.81. The van der Waals surface area contributed by atoms with Crippen molar-refractivity contribution in [1.82, 2.24) is 15.0 Å². The summed E-state index contributed by atoms with van der Waals surface area (Å²) in [7, 11) is 0. The summed E-state index contributed by atoms with van der Waals surface area (Å²) in [5.74, 6) is -0.443. The maximum Gasteiger partial charge on any atom is 0.326 e. The van der Waals surface area contributed by atoms with Crippen molar-refractivity contribution in [1.29, 1.82) is 0 Å². The molecule has 1 amide bonds. The van der Waals surface area contributed by atoms with E-state index in [1.807, 2.05) is 4.98 Å². The third-order valence-electron chi connectivity index (χ3n) is 1.97. The number of rotatable bonds is 2. The van der Waals surface area contributed by atoms with E-state index in [1.54, 1.807) is 6.07 Å². The topological polar surface area (TPSA) is 108 Å². The van der Waals surface area contributed by atoms with Crippen LogP contribution >= 0.6 is 11.6 Å². The van der Waals surface area contributed by atoms with Gasteiger partial charge in [-0.1, -0.05) is 11.6 Å². The number of carbonyl (C=O) groups is 1. The van der Waals surface area contributed by atoms with E-state index in [-0.39, 0.29) is 11.5 Å². The third-order valence-corrected chi connectivity index (χ3v) is 2.20. The number of aromatic amines is 2. The van der Waals surface area contributed by atoms with E-state index in [2.05, 4.69) is 15.3 Å². The Morgan fingerprint density at radius 2 is 2.06 bits per heavy atom. The second-order valence-corrected chi connectivity index (χ2v) is 3.75.